The largest absolute Gasteiger partial charge is 0.423 e. The van der Waals surface area contributed by atoms with Crippen molar-refractivity contribution in [1.29, 1.82) is 0 Å². The third-order valence-electron chi connectivity index (χ3n) is 5.32. The highest BCUT2D eigenvalue weighted by Crippen LogP contribution is 2.34. The monoisotopic (exact) mass is 520 g/mol. The van der Waals surface area contributed by atoms with E-state index in [2.05, 4.69) is 0 Å². The number of aryl methyl sites for hydroxylation is 2. The summed E-state index contributed by atoms with van der Waals surface area (Å²) in [5, 5.41) is 0.362. The van der Waals surface area contributed by atoms with Crippen LogP contribution in [0.4, 0.5) is 0 Å². The summed E-state index contributed by atoms with van der Waals surface area (Å²) in [5.74, 6) is -1.62. The molecule has 6 nitrogen and oxygen atoms in total. The summed E-state index contributed by atoms with van der Waals surface area (Å²) < 4.78 is 37.9. The summed E-state index contributed by atoms with van der Waals surface area (Å²) in [6.45, 7) is 3.77. The first-order valence-corrected chi connectivity index (χ1v) is 12.7. The van der Waals surface area contributed by atoms with Gasteiger partial charge in [-0.15, -0.1) is 0 Å². The van der Waals surface area contributed by atoms with Crippen LogP contribution >= 0.6 is 11.6 Å². The van der Waals surface area contributed by atoms with Crippen molar-refractivity contribution in [3.63, 3.8) is 0 Å². The summed E-state index contributed by atoms with van der Waals surface area (Å²) in [5.41, 5.74) is 2.49. The molecule has 0 aliphatic rings. The van der Waals surface area contributed by atoms with E-state index in [1.54, 1.807) is 48.5 Å². The van der Waals surface area contributed by atoms with Crippen molar-refractivity contribution < 1.29 is 27.5 Å². The molecule has 4 aromatic carbocycles. The smallest absolute Gasteiger partial charge is 0.343 e. The number of esters is 2. The second-order valence-electron chi connectivity index (χ2n) is 8.08. The predicted octanol–water partition coefficient (Wildman–Crippen LogP) is 6.23. The number of sulfone groups is 1. The number of benzene rings is 4. The Labute approximate surface area is 214 Å². The van der Waals surface area contributed by atoms with E-state index in [9.17, 15) is 18.0 Å². The van der Waals surface area contributed by atoms with E-state index in [0.717, 1.165) is 17.2 Å². The number of halogens is 1. The first-order chi connectivity index (χ1) is 17.1. The lowest BCUT2D eigenvalue weighted by Crippen LogP contribution is -2.13. The van der Waals surface area contributed by atoms with E-state index in [4.69, 9.17) is 21.1 Å². The van der Waals surface area contributed by atoms with Gasteiger partial charge in [0.05, 0.1) is 16.0 Å². The van der Waals surface area contributed by atoms with Gasteiger partial charge >= 0.3 is 11.9 Å². The molecule has 0 saturated carbocycles. The number of ether oxygens (including phenoxy) is 2. The predicted molar refractivity (Wildman–Crippen MR) is 136 cm³/mol. The number of hydrogen-bond donors (Lipinski definition) is 0. The lowest BCUT2D eigenvalue weighted by molar-refractivity contribution is 0.0715. The van der Waals surface area contributed by atoms with Gasteiger partial charge in [-0.05, 0) is 74.5 Å². The zero-order valence-corrected chi connectivity index (χ0v) is 21.0. The Bertz CT molecular complexity index is 1520. The van der Waals surface area contributed by atoms with Crippen molar-refractivity contribution in [2.24, 2.45) is 0 Å². The second-order valence-corrected chi connectivity index (χ2v) is 10.4. The molecule has 0 amide bonds. The van der Waals surface area contributed by atoms with Crippen molar-refractivity contribution in [1.82, 2.24) is 0 Å². The SMILES string of the molecule is Cc1ccc(C(=O)Oc2ccc(OC(=O)c3ccc(C)cc3)c(S(=O)(=O)c3ccc(Cl)cc3)c2)cc1. The quantitative estimate of drug-likeness (QED) is 0.221. The van der Waals surface area contributed by atoms with Crippen LogP contribution in [0.15, 0.2) is 101 Å². The molecule has 0 atom stereocenters. The highest BCUT2D eigenvalue weighted by Gasteiger charge is 2.26. The molecule has 0 bridgehead atoms. The number of rotatable bonds is 6. The van der Waals surface area contributed by atoms with E-state index < -0.39 is 21.8 Å². The van der Waals surface area contributed by atoms with Crippen LogP contribution in [0.1, 0.15) is 31.8 Å². The molecular weight excluding hydrogens is 500 g/mol. The molecule has 4 rings (SSSR count). The van der Waals surface area contributed by atoms with Crippen LogP contribution in [0.3, 0.4) is 0 Å². The molecule has 0 aliphatic carbocycles. The number of hydrogen-bond acceptors (Lipinski definition) is 6. The van der Waals surface area contributed by atoms with Gasteiger partial charge in [0, 0.05) is 11.1 Å². The summed E-state index contributed by atoms with van der Waals surface area (Å²) in [7, 11) is -4.18. The summed E-state index contributed by atoms with van der Waals surface area (Å²) in [4.78, 5) is 24.9. The summed E-state index contributed by atoms with van der Waals surface area (Å²) in [6.07, 6.45) is 0. The van der Waals surface area contributed by atoms with E-state index in [1.807, 2.05) is 13.8 Å². The fraction of sp³-hybridized carbons (Fsp3) is 0.0714. The van der Waals surface area contributed by atoms with E-state index >= 15 is 0 Å². The molecule has 0 saturated heterocycles. The first-order valence-electron chi connectivity index (χ1n) is 10.9. The second kappa shape index (κ2) is 10.4. The molecule has 4 aromatic rings. The molecule has 0 aromatic heterocycles. The van der Waals surface area contributed by atoms with Crippen molar-refractivity contribution in [3.05, 3.63) is 118 Å². The molecule has 0 heterocycles. The minimum absolute atomic E-state index is 0.0248. The Morgan fingerprint density at radius 2 is 1.17 bits per heavy atom. The Morgan fingerprint density at radius 1 is 0.667 bits per heavy atom. The molecule has 0 N–H and O–H groups in total. The van der Waals surface area contributed by atoms with Gasteiger partial charge in [-0.1, -0.05) is 47.0 Å². The van der Waals surface area contributed by atoms with E-state index in [0.29, 0.717) is 10.6 Å². The average Bonchev–Trinajstić information content (AvgIpc) is 2.86. The summed E-state index contributed by atoms with van der Waals surface area (Å²) in [6, 6.07) is 22.8. The fourth-order valence-corrected chi connectivity index (χ4v) is 4.81. The molecule has 0 spiro atoms. The molecular formula is C28H21ClO6S. The fourth-order valence-electron chi connectivity index (χ4n) is 3.29. The van der Waals surface area contributed by atoms with Crippen molar-refractivity contribution >= 4 is 33.4 Å². The van der Waals surface area contributed by atoms with Crippen LogP contribution in [-0.2, 0) is 9.84 Å². The van der Waals surface area contributed by atoms with Crippen molar-refractivity contribution in [2.45, 2.75) is 23.6 Å². The molecule has 0 radical (unpaired) electrons. The maximum atomic E-state index is 13.5. The van der Waals surface area contributed by atoms with Gasteiger partial charge in [0.15, 0.2) is 5.75 Å². The summed E-state index contributed by atoms with van der Waals surface area (Å²) >= 11 is 5.92. The van der Waals surface area contributed by atoms with Crippen LogP contribution in [0, 0.1) is 13.8 Å². The zero-order valence-electron chi connectivity index (χ0n) is 19.4. The normalized spacial score (nSPS) is 11.1. The molecule has 0 unspecified atom stereocenters. The van der Waals surface area contributed by atoms with Gasteiger partial charge in [-0.25, -0.2) is 18.0 Å². The molecule has 0 fully saturated rings. The van der Waals surface area contributed by atoms with Gasteiger partial charge in [0.1, 0.15) is 10.6 Å². The standard InChI is InChI=1S/C28H21ClO6S/c1-18-3-7-20(8-4-18)27(30)34-23-13-16-25(35-28(31)21-9-5-19(2)6-10-21)26(17-23)36(32,33)24-14-11-22(29)12-15-24/h3-17H,1-2H3. The van der Waals surface area contributed by atoms with Crippen molar-refractivity contribution in [3.8, 4) is 11.5 Å². The lowest BCUT2D eigenvalue weighted by atomic mass is 10.1. The third-order valence-corrected chi connectivity index (χ3v) is 7.36. The number of carbonyl (C=O) groups is 2. The minimum atomic E-state index is -4.18. The average molecular weight is 521 g/mol. The Hall–Kier alpha value is -3.94. The van der Waals surface area contributed by atoms with Gasteiger partial charge in [-0.2, -0.15) is 0 Å². The van der Waals surface area contributed by atoms with Crippen LogP contribution in [0.2, 0.25) is 5.02 Å². The first kappa shape index (κ1) is 25.2. The zero-order chi connectivity index (χ0) is 25.9. The molecule has 182 valence electrons. The van der Waals surface area contributed by atoms with Crippen LogP contribution in [0.25, 0.3) is 0 Å². The van der Waals surface area contributed by atoms with Gasteiger partial charge in [0.25, 0.3) is 0 Å². The van der Waals surface area contributed by atoms with E-state index in [1.165, 1.54) is 36.4 Å². The van der Waals surface area contributed by atoms with Crippen LogP contribution < -0.4 is 9.47 Å². The Balaban J connectivity index is 1.72. The molecule has 8 heteroatoms. The third kappa shape index (κ3) is 5.64. The highest BCUT2D eigenvalue weighted by molar-refractivity contribution is 7.91. The highest BCUT2D eigenvalue weighted by atomic mass is 35.5. The Kier molecular flexibility index (Phi) is 7.24. The Morgan fingerprint density at radius 3 is 1.69 bits per heavy atom. The maximum absolute atomic E-state index is 13.5. The van der Waals surface area contributed by atoms with Crippen LogP contribution in [0.5, 0.6) is 11.5 Å². The number of carbonyl (C=O) groups excluding carboxylic acids is 2. The van der Waals surface area contributed by atoms with Gasteiger partial charge in [-0.3, -0.25) is 0 Å². The lowest BCUT2D eigenvalue weighted by Gasteiger charge is -2.13. The molecule has 36 heavy (non-hydrogen) atoms. The van der Waals surface area contributed by atoms with Gasteiger partial charge < -0.3 is 9.47 Å². The minimum Gasteiger partial charge on any atom is -0.423 e. The topological polar surface area (TPSA) is 86.7 Å². The maximum Gasteiger partial charge on any atom is 0.343 e. The molecule has 0 aliphatic heterocycles. The van der Waals surface area contributed by atoms with Crippen LogP contribution in [-0.4, -0.2) is 20.4 Å². The van der Waals surface area contributed by atoms with E-state index in [-0.39, 0.29) is 26.9 Å². The van der Waals surface area contributed by atoms with Gasteiger partial charge in [0.2, 0.25) is 9.84 Å². The van der Waals surface area contributed by atoms with Crippen molar-refractivity contribution in [2.75, 3.05) is 0 Å².